The smallest absolute Gasteiger partial charge is 0.278 e. The van der Waals surface area contributed by atoms with E-state index in [1.165, 1.54) is 27.3 Å². The summed E-state index contributed by atoms with van der Waals surface area (Å²) < 4.78 is 4.48. The lowest BCUT2D eigenvalue weighted by molar-refractivity contribution is 0.234. The lowest BCUT2D eigenvalue weighted by Gasteiger charge is -2.39. The van der Waals surface area contributed by atoms with Crippen LogP contribution in [0.4, 0.5) is 17.3 Å². The molecule has 1 aliphatic rings. The highest BCUT2D eigenvalue weighted by molar-refractivity contribution is 5.77. The maximum atomic E-state index is 13.2. The molecular weight excluding hydrogens is 482 g/mol. The molecule has 1 fully saturated rings. The van der Waals surface area contributed by atoms with Gasteiger partial charge in [0.25, 0.3) is 11.1 Å². The summed E-state index contributed by atoms with van der Waals surface area (Å²) in [7, 11) is 2.16. The van der Waals surface area contributed by atoms with Crippen LogP contribution in [-0.4, -0.2) is 66.7 Å². The molecule has 0 unspecified atom stereocenters. The monoisotopic (exact) mass is 515 g/mol. The normalized spacial score (nSPS) is 16.3. The van der Waals surface area contributed by atoms with Crippen LogP contribution in [0.15, 0.2) is 64.8 Å². The molecule has 1 atom stereocenters. The Morgan fingerprint density at radius 3 is 2.58 bits per heavy atom. The van der Waals surface area contributed by atoms with Gasteiger partial charge in [-0.1, -0.05) is 6.08 Å². The predicted molar refractivity (Wildman–Crippen MR) is 150 cm³/mol. The minimum absolute atomic E-state index is 0.146. The first-order valence-corrected chi connectivity index (χ1v) is 12.8. The lowest BCUT2D eigenvalue weighted by atomic mass is 10.1. The Morgan fingerprint density at radius 2 is 1.89 bits per heavy atom. The number of aromatic nitrogens is 6. The number of rotatable bonds is 7. The number of anilines is 3. The topological polar surface area (TPSA) is 106 Å². The number of hydrogen-bond acceptors (Lipinski definition) is 8. The minimum atomic E-state index is -0.263. The SMILES string of the molecule is C=CCn1c(=O)c2cnc(Nc3ccc(N4CCN(C)[C@H](C)C4)cc3)nc2n1-c1ccc(=O)n(C(C)C)n1. The molecular formula is C27H33N9O2. The summed E-state index contributed by atoms with van der Waals surface area (Å²) in [5, 5.41) is 8.11. The van der Waals surface area contributed by atoms with Crippen LogP contribution in [0.25, 0.3) is 16.9 Å². The van der Waals surface area contributed by atoms with E-state index in [1.54, 1.807) is 16.8 Å². The Labute approximate surface area is 220 Å². The van der Waals surface area contributed by atoms with Gasteiger partial charge in [-0.3, -0.25) is 9.59 Å². The van der Waals surface area contributed by atoms with E-state index in [9.17, 15) is 9.59 Å². The fraction of sp³-hybridized carbons (Fsp3) is 0.370. The van der Waals surface area contributed by atoms with Crippen LogP contribution in [0.2, 0.25) is 0 Å². The molecule has 11 heteroatoms. The molecule has 11 nitrogen and oxygen atoms in total. The largest absolute Gasteiger partial charge is 0.369 e. The van der Waals surface area contributed by atoms with Gasteiger partial charge in [-0.15, -0.1) is 11.7 Å². The average molecular weight is 516 g/mol. The first kappa shape index (κ1) is 25.4. The van der Waals surface area contributed by atoms with Gasteiger partial charge >= 0.3 is 0 Å². The van der Waals surface area contributed by atoms with E-state index >= 15 is 0 Å². The first-order chi connectivity index (χ1) is 18.3. The third kappa shape index (κ3) is 4.72. The number of piperazine rings is 1. The van der Waals surface area contributed by atoms with E-state index in [1.807, 2.05) is 26.0 Å². The minimum Gasteiger partial charge on any atom is -0.369 e. The number of allylic oxidation sites excluding steroid dienone is 1. The van der Waals surface area contributed by atoms with Crippen LogP contribution in [-0.2, 0) is 6.54 Å². The van der Waals surface area contributed by atoms with Crippen molar-refractivity contribution >= 4 is 28.4 Å². The summed E-state index contributed by atoms with van der Waals surface area (Å²) in [4.78, 5) is 39.3. The Bertz CT molecular complexity index is 1580. The molecule has 0 aliphatic carbocycles. The van der Waals surface area contributed by atoms with Crippen molar-refractivity contribution in [2.24, 2.45) is 0 Å². The van der Waals surface area contributed by atoms with Crippen molar-refractivity contribution in [3.8, 4) is 5.82 Å². The molecule has 1 N–H and O–H groups in total. The summed E-state index contributed by atoms with van der Waals surface area (Å²) in [6, 6.07) is 11.6. The third-order valence-electron chi connectivity index (χ3n) is 6.94. The highest BCUT2D eigenvalue weighted by Gasteiger charge is 2.21. The molecule has 0 radical (unpaired) electrons. The van der Waals surface area contributed by atoms with Crippen molar-refractivity contribution in [1.82, 2.24) is 34.0 Å². The van der Waals surface area contributed by atoms with Crippen molar-refractivity contribution in [2.45, 2.75) is 39.4 Å². The van der Waals surface area contributed by atoms with Crippen molar-refractivity contribution in [2.75, 3.05) is 36.9 Å². The van der Waals surface area contributed by atoms with Gasteiger partial charge in [-0.25, -0.2) is 19.0 Å². The van der Waals surface area contributed by atoms with Gasteiger partial charge in [0.05, 0.1) is 12.6 Å². The second-order valence-corrected chi connectivity index (χ2v) is 9.93. The quantitative estimate of drug-likeness (QED) is 0.375. The molecule has 0 bridgehead atoms. The fourth-order valence-electron chi connectivity index (χ4n) is 4.67. The number of nitrogens with zero attached hydrogens (tertiary/aromatic N) is 8. The number of hydrogen-bond donors (Lipinski definition) is 1. The lowest BCUT2D eigenvalue weighted by Crippen LogP contribution is -2.50. The van der Waals surface area contributed by atoms with Gasteiger partial charge < -0.3 is 15.1 Å². The van der Waals surface area contributed by atoms with Gasteiger partial charge in [-0.2, -0.15) is 4.98 Å². The Morgan fingerprint density at radius 1 is 1.13 bits per heavy atom. The van der Waals surface area contributed by atoms with Crippen LogP contribution in [0.1, 0.15) is 26.8 Å². The standard InChI is InChI=1S/C27H33N9O2/c1-6-13-34-26(38)22-16-28-27(30-25(22)36(34)23-11-12-24(37)35(31-23)18(2)3)29-20-7-9-21(10-8-20)33-15-14-32(5)19(4)17-33/h6-12,16,18-19H,1,13-15,17H2,2-5H3,(H,28,29,30)/t19-/m1/s1. The molecule has 1 aromatic carbocycles. The van der Waals surface area contributed by atoms with Crippen LogP contribution in [0.5, 0.6) is 0 Å². The zero-order valence-electron chi connectivity index (χ0n) is 22.2. The second-order valence-electron chi connectivity index (χ2n) is 9.93. The summed E-state index contributed by atoms with van der Waals surface area (Å²) >= 11 is 0. The highest BCUT2D eigenvalue weighted by Crippen LogP contribution is 2.23. The van der Waals surface area contributed by atoms with E-state index in [0.717, 1.165) is 25.3 Å². The molecule has 3 aromatic heterocycles. The van der Waals surface area contributed by atoms with Gasteiger partial charge in [0, 0.05) is 49.3 Å². The van der Waals surface area contributed by atoms with E-state index < -0.39 is 0 Å². The molecule has 0 spiro atoms. The van der Waals surface area contributed by atoms with E-state index in [4.69, 9.17) is 0 Å². The molecule has 38 heavy (non-hydrogen) atoms. The van der Waals surface area contributed by atoms with Gasteiger partial charge in [-0.05, 0) is 58.2 Å². The Balaban J connectivity index is 1.50. The Kier molecular flexibility index (Phi) is 6.85. The molecule has 1 saturated heterocycles. The van der Waals surface area contributed by atoms with Crippen molar-refractivity contribution in [1.29, 1.82) is 0 Å². The van der Waals surface area contributed by atoms with Crippen LogP contribution in [0, 0.1) is 0 Å². The second kappa shape index (κ2) is 10.3. The molecule has 4 heterocycles. The van der Waals surface area contributed by atoms with Gasteiger partial charge in [0.1, 0.15) is 5.39 Å². The first-order valence-electron chi connectivity index (χ1n) is 12.8. The number of fused-ring (bicyclic) bond motifs is 1. The van der Waals surface area contributed by atoms with Gasteiger partial charge in [0.15, 0.2) is 11.5 Å². The maximum Gasteiger partial charge on any atom is 0.278 e. The molecule has 4 aromatic rings. The number of nitrogens with one attached hydrogen (secondary N) is 1. The highest BCUT2D eigenvalue weighted by atomic mass is 16.1. The summed E-state index contributed by atoms with van der Waals surface area (Å²) in [5.74, 6) is 0.753. The predicted octanol–water partition coefficient (Wildman–Crippen LogP) is 2.79. The van der Waals surface area contributed by atoms with Crippen LogP contribution in [0.3, 0.4) is 0 Å². The molecule has 5 rings (SSSR count). The van der Waals surface area contributed by atoms with Gasteiger partial charge in [0.2, 0.25) is 5.95 Å². The zero-order chi connectivity index (χ0) is 27.0. The van der Waals surface area contributed by atoms with E-state index in [-0.39, 0.29) is 23.7 Å². The van der Waals surface area contributed by atoms with E-state index in [2.05, 4.69) is 62.9 Å². The fourth-order valence-corrected chi connectivity index (χ4v) is 4.67. The van der Waals surface area contributed by atoms with Crippen molar-refractivity contribution < 1.29 is 0 Å². The van der Waals surface area contributed by atoms with Crippen LogP contribution < -0.4 is 21.3 Å². The third-order valence-corrected chi connectivity index (χ3v) is 6.94. The van der Waals surface area contributed by atoms with Crippen molar-refractivity contribution in [3.63, 3.8) is 0 Å². The summed E-state index contributed by atoms with van der Waals surface area (Å²) in [5.41, 5.74) is 1.92. The molecule has 198 valence electrons. The van der Waals surface area contributed by atoms with Crippen LogP contribution >= 0.6 is 0 Å². The number of benzene rings is 1. The summed E-state index contributed by atoms with van der Waals surface area (Å²) in [6.07, 6.45) is 3.14. The molecule has 1 aliphatic heterocycles. The average Bonchev–Trinajstić information content (AvgIpc) is 3.17. The summed E-state index contributed by atoms with van der Waals surface area (Å²) in [6.45, 7) is 13.0. The molecule has 0 amide bonds. The van der Waals surface area contributed by atoms with Crippen molar-refractivity contribution in [3.05, 3.63) is 76.0 Å². The van der Waals surface area contributed by atoms with E-state index in [0.29, 0.717) is 28.8 Å². The maximum absolute atomic E-state index is 13.2. The Hall–Kier alpha value is -4.25. The zero-order valence-corrected chi connectivity index (χ0v) is 22.2. The number of likely N-dealkylation sites (N-methyl/N-ethyl adjacent to an activating group) is 1. The molecule has 0 saturated carbocycles.